The summed E-state index contributed by atoms with van der Waals surface area (Å²) < 4.78 is -0.810. The first-order valence-electron chi connectivity index (χ1n) is 3.56. The maximum Gasteiger partial charge on any atom is 0.136 e. The van der Waals surface area contributed by atoms with Gasteiger partial charge >= 0.3 is 0 Å². The third-order valence-corrected chi connectivity index (χ3v) is 1.99. The quantitative estimate of drug-likeness (QED) is 0.446. The van der Waals surface area contributed by atoms with Crippen LogP contribution in [0.25, 0.3) is 0 Å². The number of hydrogen-bond donors (Lipinski definition) is 0. The number of hydrogen-bond acceptors (Lipinski definition) is 0. The van der Waals surface area contributed by atoms with E-state index in [-0.39, 0.29) is 0 Å². The van der Waals surface area contributed by atoms with Gasteiger partial charge in [0, 0.05) is 0 Å². The van der Waals surface area contributed by atoms with E-state index in [2.05, 4.69) is 6.92 Å². The van der Waals surface area contributed by atoms with Crippen molar-refractivity contribution in [3.05, 3.63) is 12.7 Å². The van der Waals surface area contributed by atoms with E-state index in [0.717, 1.165) is 19.3 Å². The first-order chi connectivity index (χ1) is 4.62. The smallest absolute Gasteiger partial charge is 0.0970 e. The summed E-state index contributed by atoms with van der Waals surface area (Å²) in [5.41, 5.74) is 0. The number of halogens is 2. The van der Waals surface area contributed by atoms with Crippen molar-refractivity contribution in [1.29, 1.82) is 0 Å². The molecule has 0 saturated heterocycles. The average molecular weight is 180 g/mol. The van der Waals surface area contributed by atoms with Crippen molar-refractivity contribution in [2.45, 2.75) is 36.9 Å². The molecule has 0 spiro atoms. The van der Waals surface area contributed by atoms with Crippen LogP contribution in [-0.4, -0.2) is 4.33 Å². The van der Waals surface area contributed by atoms with E-state index in [1.165, 1.54) is 12.5 Å². The molecule has 0 bridgehead atoms. The van der Waals surface area contributed by atoms with Crippen LogP contribution in [0.3, 0.4) is 0 Å². The molecule has 0 aliphatic carbocycles. The third kappa shape index (κ3) is 5.13. The maximum absolute atomic E-state index is 5.74. The van der Waals surface area contributed by atoms with Crippen LogP contribution in [0.1, 0.15) is 32.6 Å². The molecule has 0 amide bonds. The zero-order valence-electron chi connectivity index (χ0n) is 6.24. The molecule has 0 N–H and O–H groups in total. The molecule has 0 atom stereocenters. The highest BCUT2D eigenvalue weighted by molar-refractivity contribution is 6.49. The Morgan fingerprint density at radius 3 is 2.40 bits per heavy atom. The van der Waals surface area contributed by atoms with E-state index in [9.17, 15) is 0 Å². The molecule has 59 valence electrons. The highest BCUT2D eigenvalue weighted by Gasteiger charge is 2.17. The van der Waals surface area contributed by atoms with E-state index >= 15 is 0 Å². The predicted octanol–water partition coefficient (Wildman–Crippen LogP) is 3.73. The van der Waals surface area contributed by atoms with Crippen molar-refractivity contribution in [2.24, 2.45) is 0 Å². The lowest BCUT2D eigenvalue weighted by atomic mass is 10.1. The minimum absolute atomic E-state index is 0.750. The first-order valence-corrected chi connectivity index (χ1v) is 4.32. The van der Waals surface area contributed by atoms with E-state index in [4.69, 9.17) is 29.8 Å². The summed E-state index contributed by atoms with van der Waals surface area (Å²) in [6.07, 6.45) is 5.47. The SMILES string of the molecule is [CH]=CC(Cl)(Cl)CCCCC. The van der Waals surface area contributed by atoms with Gasteiger partial charge in [-0.1, -0.05) is 56.0 Å². The van der Waals surface area contributed by atoms with Gasteiger partial charge in [0.25, 0.3) is 0 Å². The number of rotatable bonds is 5. The lowest BCUT2D eigenvalue weighted by Gasteiger charge is -2.12. The zero-order chi connectivity index (χ0) is 8.04. The number of unbranched alkanes of at least 4 members (excludes halogenated alkanes) is 2. The molecule has 0 aromatic heterocycles. The fourth-order valence-corrected chi connectivity index (χ4v) is 0.961. The average Bonchev–Trinajstić information content (AvgIpc) is 1.89. The molecule has 0 heterocycles. The maximum atomic E-state index is 5.74. The van der Waals surface area contributed by atoms with Crippen LogP contribution in [0.4, 0.5) is 0 Å². The molecule has 10 heavy (non-hydrogen) atoms. The number of alkyl halides is 2. The Labute approximate surface area is 73.2 Å². The molecule has 0 aromatic rings. The molecule has 0 aliphatic heterocycles. The largest absolute Gasteiger partial charge is 0.136 e. The van der Waals surface area contributed by atoms with Crippen LogP contribution in [0.5, 0.6) is 0 Å². The van der Waals surface area contributed by atoms with Crippen molar-refractivity contribution < 1.29 is 0 Å². The fourth-order valence-electron chi connectivity index (χ4n) is 0.694. The van der Waals surface area contributed by atoms with Gasteiger partial charge < -0.3 is 0 Å². The topological polar surface area (TPSA) is 0 Å². The molecule has 0 rings (SSSR count). The lowest BCUT2D eigenvalue weighted by Crippen LogP contribution is -2.06. The van der Waals surface area contributed by atoms with Crippen LogP contribution in [0.2, 0.25) is 0 Å². The van der Waals surface area contributed by atoms with Gasteiger partial charge in [-0.25, -0.2) is 0 Å². The van der Waals surface area contributed by atoms with E-state index < -0.39 is 4.33 Å². The zero-order valence-corrected chi connectivity index (χ0v) is 7.75. The summed E-state index contributed by atoms with van der Waals surface area (Å²) in [6, 6.07) is 0. The summed E-state index contributed by atoms with van der Waals surface area (Å²) in [5, 5.41) is 0. The molecule has 0 aliphatic rings. The summed E-state index contributed by atoms with van der Waals surface area (Å²) in [6.45, 7) is 7.33. The fraction of sp³-hybridized carbons (Fsp3) is 0.750. The summed E-state index contributed by atoms with van der Waals surface area (Å²) in [7, 11) is 0. The molecular weight excluding hydrogens is 167 g/mol. The summed E-state index contributed by atoms with van der Waals surface area (Å²) >= 11 is 11.5. The standard InChI is InChI=1S/C8H13Cl2/c1-3-5-6-7-8(9,10)4-2/h2,4H,3,5-7H2,1H3. The highest BCUT2D eigenvalue weighted by Crippen LogP contribution is 2.28. The van der Waals surface area contributed by atoms with E-state index in [1.807, 2.05) is 0 Å². The van der Waals surface area contributed by atoms with Crippen molar-refractivity contribution in [3.8, 4) is 0 Å². The van der Waals surface area contributed by atoms with Crippen molar-refractivity contribution in [2.75, 3.05) is 0 Å². The summed E-state index contributed by atoms with van der Waals surface area (Å²) in [4.78, 5) is 0. The van der Waals surface area contributed by atoms with Gasteiger partial charge in [0.05, 0.1) is 0 Å². The van der Waals surface area contributed by atoms with Gasteiger partial charge in [-0.05, 0) is 12.5 Å². The van der Waals surface area contributed by atoms with E-state index in [1.54, 1.807) is 0 Å². The second kappa shape index (κ2) is 5.03. The normalized spacial score (nSPS) is 11.5. The van der Waals surface area contributed by atoms with Crippen molar-refractivity contribution in [1.82, 2.24) is 0 Å². The van der Waals surface area contributed by atoms with Crippen LogP contribution < -0.4 is 0 Å². The van der Waals surface area contributed by atoms with Gasteiger partial charge in [0.1, 0.15) is 4.33 Å². The lowest BCUT2D eigenvalue weighted by molar-refractivity contribution is 0.657. The highest BCUT2D eigenvalue weighted by atomic mass is 35.5. The summed E-state index contributed by atoms with van der Waals surface area (Å²) in [5.74, 6) is 0. The van der Waals surface area contributed by atoms with E-state index in [0.29, 0.717) is 0 Å². The third-order valence-electron chi connectivity index (χ3n) is 1.36. The Bertz CT molecular complexity index is 97.4. The second-order valence-electron chi connectivity index (χ2n) is 2.38. The second-order valence-corrected chi connectivity index (χ2v) is 3.93. The molecular formula is C8H13Cl2. The van der Waals surface area contributed by atoms with Crippen LogP contribution in [0, 0.1) is 6.58 Å². The van der Waals surface area contributed by atoms with Gasteiger partial charge in [-0.3, -0.25) is 0 Å². The number of allylic oxidation sites excluding steroid dienone is 1. The van der Waals surface area contributed by atoms with Gasteiger partial charge in [-0.15, -0.1) is 0 Å². The monoisotopic (exact) mass is 179 g/mol. The van der Waals surface area contributed by atoms with Gasteiger partial charge in [0.2, 0.25) is 0 Å². The van der Waals surface area contributed by atoms with Gasteiger partial charge in [0.15, 0.2) is 0 Å². The van der Waals surface area contributed by atoms with Gasteiger partial charge in [-0.2, -0.15) is 0 Å². The molecule has 1 radical (unpaired) electrons. The Balaban J connectivity index is 3.37. The Morgan fingerprint density at radius 2 is 2.00 bits per heavy atom. The van der Waals surface area contributed by atoms with Crippen LogP contribution >= 0.6 is 23.2 Å². The Morgan fingerprint density at radius 1 is 1.40 bits per heavy atom. The Hall–Kier alpha value is 0.320. The molecule has 0 saturated carbocycles. The van der Waals surface area contributed by atoms with Crippen LogP contribution in [0.15, 0.2) is 6.08 Å². The minimum atomic E-state index is -0.810. The molecule has 0 aromatic carbocycles. The molecule has 0 unspecified atom stereocenters. The molecule has 0 fully saturated rings. The Kier molecular flexibility index (Phi) is 5.20. The van der Waals surface area contributed by atoms with Crippen molar-refractivity contribution >= 4 is 23.2 Å². The predicted molar refractivity (Wildman–Crippen MR) is 47.4 cm³/mol. The molecule has 0 nitrogen and oxygen atoms in total. The first kappa shape index (κ1) is 10.3. The molecule has 2 heteroatoms. The minimum Gasteiger partial charge on any atom is -0.0970 e. The van der Waals surface area contributed by atoms with Crippen molar-refractivity contribution in [3.63, 3.8) is 0 Å². The van der Waals surface area contributed by atoms with Crippen LogP contribution in [-0.2, 0) is 0 Å².